The number of hydrogen-bond donors (Lipinski definition) is 1. The Hall–Kier alpha value is -2.98. The van der Waals surface area contributed by atoms with E-state index in [-0.39, 0.29) is 16.1 Å². The summed E-state index contributed by atoms with van der Waals surface area (Å²) in [6.45, 7) is 3.58. The zero-order chi connectivity index (χ0) is 20.7. The van der Waals surface area contributed by atoms with Crippen LogP contribution in [0.3, 0.4) is 0 Å². The van der Waals surface area contributed by atoms with Crippen molar-refractivity contribution >= 4 is 27.6 Å². The van der Waals surface area contributed by atoms with Crippen LogP contribution in [0.5, 0.6) is 0 Å². The fourth-order valence-corrected chi connectivity index (χ4v) is 3.91. The number of rotatable bonds is 8. The maximum absolute atomic E-state index is 12.5. The van der Waals surface area contributed by atoms with Crippen molar-refractivity contribution in [3.63, 3.8) is 0 Å². The second kappa shape index (κ2) is 9.29. The molecule has 2 rings (SSSR count). The van der Waals surface area contributed by atoms with Gasteiger partial charge in [-0.3, -0.25) is 4.79 Å². The van der Waals surface area contributed by atoms with Crippen LogP contribution in [0.2, 0.25) is 0 Å². The summed E-state index contributed by atoms with van der Waals surface area (Å²) < 4.78 is 31.8. The van der Waals surface area contributed by atoms with E-state index in [9.17, 15) is 23.2 Å². The molecule has 0 atom stereocenters. The third-order valence-corrected chi connectivity index (χ3v) is 5.88. The number of carbonyl (C=O) groups is 2. The van der Waals surface area contributed by atoms with Crippen LogP contribution in [0.15, 0.2) is 53.7 Å². The molecule has 1 N–H and O–H groups in total. The summed E-state index contributed by atoms with van der Waals surface area (Å²) in [6, 6.07) is 8.38. The van der Waals surface area contributed by atoms with E-state index in [1.165, 1.54) is 40.7 Å². The summed E-state index contributed by atoms with van der Waals surface area (Å²) in [5, 5.41) is 13.4. The number of nitrogens with one attached hydrogen (secondary N) is 1. The molecule has 0 bridgehead atoms. The molecule has 28 heavy (non-hydrogen) atoms. The lowest BCUT2D eigenvalue weighted by molar-refractivity contribution is -0.605. The molecule has 0 unspecified atom stereocenters. The molecule has 0 aliphatic carbocycles. The first-order chi connectivity index (χ1) is 13.3. The summed E-state index contributed by atoms with van der Waals surface area (Å²) in [6.07, 6.45) is 2.27. The van der Waals surface area contributed by atoms with Crippen molar-refractivity contribution in [2.45, 2.75) is 18.7 Å². The number of amides is 1. The first-order valence-corrected chi connectivity index (χ1v) is 9.98. The fraction of sp³-hybridized carbons (Fsp3) is 0.278. The lowest BCUT2D eigenvalue weighted by Crippen LogP contribution is -2.30. The number of nitrogens with zero attached hydrogens (tertiary/aromatic N) is 2. The van der Waals surface area contributed by atoms with Crippen molar-refractivity contribution in [3.8, 4) is 0 Å². The zero-order valence-electron chi connectivity index (χ0n) is 15.5. The second-order valence-corrected chi connectivity index (χ2v) is 7.63. The van der Waals surface area contributed by atoms with Crippen LogP contribution < -0.4 is 10.0 Å². The van der Waals surface area contributed by atoms with Gasteiger partial charge in [-0.05, 0) is 18.2 Å². The van der Waals surface area contributed by atoms with Gasteiger partial charge in [0.05, 0.1) is 10.5 Å². The molecule has 0 saturated heterocycles. The predicted octanol–water partition coefficient (Wildman–Crippen LogP) is 1.15. The highest BCUT2D eigenvalue weighted by molar-refractivity contribution is 7.89. The maximum atomic E-state index is 12.5. The normalized spacial score (nSPS) is 11.2. The molecule has 1 heterocycles. The van der Waals surface area contributed by atoms with Crippen LogP contribution in [0, 0.1) is 5.21 Å². The number of carbonyl (C=O) groups excluding carboxylic acids is 2. The molecule has 0 fully saturated rings. The molecular formula is C18H21N3O6S. The van der Waals surface area contributed by atoms with Crippen molar-refractivity contribution in [1.82, 2.24) is 4.31 Å². The fourth-order valence-electron chi connectivity index (χ4n) is 2.41. The average molecular weight is 407 g/mol. The highest BCUT2D eigenvalue weighted by Crippen LogP contribution is 2.19. The van der Waals surface area contributed by atoms with Crippen LogP contribution in [-0.4, -0.2) is 44.3 Å². The highest BCUT2D eigenvalue weighted by Gasteiger charge is 2.22. The van der Waals surface area contributed by atoms with Crippen molar-refractivity contribution in [1.29, 1.82) is 0 Å². The van der Waals surface area contributed by atoms with E-state index in [0.717, 1.165) is 12.4 Å². The Morgan fingerprint density at radius 1 is 1.14 bits per heavy atom. The van der Waals surface area contributed by atoms with Crippen LogP contribution in [0.1, 0.15) is 24.2 Å². The number of pyridine rings is 1. The largest absolute Gasteiger partial charge is 0.619 e. The van der Waals surface area contributed by atoms with Gasteiger partial charge in [-0.15, -0.1) is 0 Å². The number of benzene rings is 1. The van der Waals surface area contributed by atoms with Gasteiger partial charge in [-0.2, -0.15) is 9.04 Å². The first-order valence-electron chi connectivity index (χ1n) is 8.54. The predicted molar refractivity (Wildman–Crippen MR) is 101 cm³/mol. The van der Waals surface area contributed by atoms with E-state index < -0.39 is 28.5 Å². The summed E-state index contributed by atoms with van der Waals surface area (Å²) in [5.74, 6) is -1.38. The van der Waals surface area contributed by atoms with Gasteiger partial charge in [-0.1, -0.05) is 19.9 Å². The number of anilines is 1. The molecule has 0 aliphatic heterocycles. The van der Waals surface area contributed by atoms with Gasteiger partial charge in [0.2, 0.25) is 10.0 Å². The van der Waals surface area contributed by atoms with Crippen molar-refractivity contribution < 1.29 is 27.5 Å². The third-order valence-electron chi connectivity index (χ3n) is 3.83. The quantitative estimate of drug-likeness (QED) is 0.398. The topological polar surface area (TPSA) is 120 Å². The minimum Gasteiger partial charge on any atom is -0.619 e. The van der Waals surface area contributed by atoms with Gasteiger partial charge in [0.15, 0.2) is 19.0 Å². The Morgan fingerprint density at radius 2 is 1.79 bits per heavy atom. The van der Waals surface area contributed by atoms with Crippen LogP contribution in [0.4, 0.5) is 5.69 Å². The Bertz CT molecular complexity index is 940. The van der Waals surface area contributed by atoms with E-state index >= 15 is 0 Å². The van der Waals surface area contributed by atoms with Crippen molar-refractivity contribution in [2.24, 2.45) is 0 Å². The van der Waals surface area contributed by atoms with Crippen LogP contribution >= 0.6 is 0 Å². The Morgan fingerprint density at radius 3 is 2.39 bits per heavy atom. The van der Waals surface area contributed by atoms with E-state index in [4.69, 9.17) is 4.74 Å². The van der Waals surface area contributed by atoms with Gasteiger partial charge in [0, 0.05) is 30.9 Å². The minimum atomic E-state index is -3.66. The Labute approximate surface area is 163 Å². The third kappa shape index (κ3) is 5.27. The number of aromatic nitrogens is 1. The first kappa shape index (κ1) is 21.3. The number of esters is 1. The summed E-state index contributed by atoms with van der Waals surface area (Å²) in [5.41, 5.74) is 0.397. The molecule has 9 nitrogen and oxygen atoms in total. The molecule has 0 aliphatic rings. The van der Waals surface area contributed by atoms with Gasteiger partial charge in [-0.25, -0.2) is 13.2 Å². The summed E-state index contributed by atoms with van der Waals surface area (Å²) >= 11 is 0. The summed E-state index contributed by atoms with van der Waals surface area (Å²) in [4.78, 5) is 23.9. The number of hydrogen-bond acceptors (Lipinski definition) is 6. The van der Waals surface area contributed by atoms with Gasteiger partial charge in [0.25, 0.3) is 5.91 Å². The molecule has 10 heteroatoms. The molecule has 150 valence electrons. The summed E-state index contributed by atoms with van der Waals surface area (Å²) in [7, 11) is -3.66. The molecule has 0 spiro atoms. The van der Waals surface area contributed by atoms with Crippen LogP contribution in [-0.2, 0) is 19.6 Å². The molecular weight excluding hydrogens is 386 g/mol. The van der Waals surface area contributed by atoms with Gasteiger partial charge >= 0.3 is 5.97 Å². The van der Waals surface area contributed by atoms with E-state index in [2.05, 4.69) is 5.32 Å². The smallest absolute Gasteiger partial charge is 0.339 e. The molecule has 0 saturated carbocycles. The monoisotopic (exact) mass is 407 g/mol. The zero-order valence-corrected chi connectivity index (χ0v) is 16.3. The van der Waals surface area contributed by atoms with E-state index in [0.29, 0.717) is 17.8 Å². The molecule has 1 aromatic carbocycles. The number of sulfonamides is 1. The molecule has 2 aromatic rings. The Balaban J connectivity index is 2.01. The molecule has 1 aromatic heterocycles. The Kier molecular flexibility index (Phi) is 7.07. The number of ether oxygens (including phenoxy) is 1. The standard InChI is InChI=1S/C18H21N3O6S/c1-3-21(4-2)28(25,26)16-7-5-6-15(12-16)19-17(22)13-27-18(23)14-8-10-20(24)11-9-14/h5-12H,3-4,13H2,1-2H3,(H,19,22). The lowest BCUT2D eigenvalue weighted by Gasteiger charge is -2.18. The SMILES string of the molecule is CCN(CC)S(=O)(=O)c1cccc(NC(=O)COC(=O)c2cc[n+]([O-])cc2)c1. The van der Waals surface area contributed by atoms with Gasteiger partial charge in [0.1, 0.15) is 0 Å². The van der Waals surface area contributed by atoms with Gasteiger partial charge < -0.3 is 15.3 Å². The molecule has 1 amide bonds. The highest BCUT2D eigenvalue weighted by atomic mass is 32.2. The maximum Gasteiger partial charge on any atom is 0.339 e. The van der Waals surface area contributed by atoms with Crippen molar-refractivity contribution in [2.75, 3.05) is 25.0 Å². The van der Waals surface area contributed by atoms with Crippen molar-refractivity contribution in [3.05, 3.63) is 59.6 Å². The van der Waals surface area contributed by atoms with Crippen LogP contribution in [0.25, 0.3) is 0 Å². The van der Waals surface area contributed by atoms with E-state index in [1.807, 2.05) is 0 Å². The lowest BCUT2D eigenvalue weighted by atomic mass is 10.3. The molecule has 0 radical (unpaired) electrons. The average Bonchev–Trinajstić information content (AvgIpc) is 2.67. The minimum absolute atomic E-state index is 0.0567. The second-order valence-electron chi connectivity index (χ2n) is 5.69. The van der Waals surface area contributed by atoms with E-state index in [1.54, 1.807) is 13.8 Å².